The number of ether oxygens (including phenoxy) is 3. The third-order valence-corrected chi connectivity index (χ3v) is 6.59. The van der Waals surface area contributed by atoms with Crippen LogP contribution in [-0.2, 0) is 12.3 Å². The third-order valence-electron chi connectivity index (χ3n) is 5.57. The Kier molecular flexibility index (Phi) is 6.22. The maximum atomic E-state index is 11.9. The number of carbonyl (C=O) groups excluding carboxylic acids is 1. The van der Waals surface area contributed by atoms with E-state index in [1.807, 2.05) is 60.7 Å². The van der Waals surface area contributed by atoms with E-state index in [4.69, 9.17) is 14.2 Å². The van der Waals surface area contributed by atoms with Crippen LogP contribution in [0.2, 0.25) is 0 Å². The number of hydrogen-bond acceptors (Lipinski definition) is 7. The van der Waals surface area contributed by atoms with Gasteiger partial charge in [0, 0.05) is 22.4 Å². The predicted molar refractivity (Wildman–Crippen MR) is 130 cm³/mol. The summed E-state index contributed by atoms with van der Waals surface area (Å²) in [5.41, 5.74) is 3.63. The van der Waals surface area contributed by atoms with Gasteiger partial charge in [-0.05, 0) is 42.8 Å². The molecular weight excluding hydrogens is 450 g/mol. The fourth-order valence-electron chi connectivity index (χ4n) is 3.81. The number of rotatable bonds is 8. The molecule has 0 unspecified atom stereocenters. The standard InChI is InChI=1S/C26H23N3O4S/c1-17(30)20-9-11-22(31-2)21(13-20)15-34-26-28-27-25(19-6-4-3-5-7-19)29(26)14-18-8-10-23-24(12-18)33-16-32-23/h3-13H,14-16H2,1-2H3. The highest BCUT2D eigenvalue weighted by Crippen LogP contribution is 2.34. The lowest BCUT2D eigenvalue weighted by molar-refractivity contribution is 0.101. The molecule has 0 saturated heterocycles. The predicted octanol–water partition coefficient (Wildman–Crippen LogP) is 5.23. The van der Waals surface area contributed by atoms with Gasteiger partial charge in [-0.2, -0.15) is 0 Å². The van der Waals surface area contributed by atoms with E-state index in [2.05, 4.69) is 14.8 Å². The van der Waals surface area contributed by atoms with Crippen molar-refractivity contribution in [2.75, 3.05) is 13.9 Å². The average Bonchev–Trinajstić information content (AvgIpc) is 3.49. The molecule has 1 aliphatic heterocycles. The van der Waals surface area contributed by atoms with E-state index in [-0.39, 0.29) is 12.6 Å². The largest absolute Gasteiger partial charge is 0.496 e. The summed E-state index contributed by atoms with van der Waals surface area (Å²) in [5, 5.41) is 9.78. The Morgan fingerprint density at radius 3 is 2.65 bits per heavy atom. The van der Waals surface area contributed by atoms with Gasteiger partial charge in [0.1, 0.15) is 5.75 Å². The SMILES string of the molecule is COc1ccc(C(C)=O)cc1CSc1nnc(-c2ccccc2)n1Cc1ccc2c(c1)OCO2. The van der Waals surface area contributed by atoms with Crippen molar-refractivity contribution in [3.05, 3.63) is 83.4 Å². The number of aromatic nitrogens is 3. The zero-order valence-corrected chi connectivity index (χ0v) is 19.7. The van der Waals surface area contributed by atoms with Crippen molar-refractivity contribution in [3.8, 4) is 28.6 Å². The van der Waals surface area contributed by atoms with Crippen LogP contribution in [0.5, 0.6) is 17.2 Å². The topological polar surface area (TPSA) is 75.5 Å². The molecule has 0 bridgehead atoms. The number of carbonyl (C=O) groups is 1. The molecule has 0 fully saturated rings. The highest BCUT2D eigenvalue weighted by molar-refractivity contribution is 7.98. The van der Waals surface area contributed by atoms with Crippen molar-refractivity contribution >= 4 is 17.5 Å². The van der Waals surface area contributed by atoms with Crippen LogP contribution in [0.25, 0.3) is 11.4 Å². The lowest BCUT2D eigenvalue weighted by Gasteiger charge is -2.12. The smallest absolute Gasteiger partial charge is 0.231 e. The zero-order chi connectivity index (χ0) is 23.5. The van der Waals surface area contributed by atoms with E-state index in [0.29, 0.717) is 17.9 Å². The zero-order valence-electron chi connectivity index (χ0n) is 18.9. The van der Waals surface area contributed by atoms with Crippen LogP contribution in [0.15, 0.2) is 71.9 Å². The minimum absolute atomic E-state index is 0.0197. The fraction of sp³-hybridized carbons (Fsp3) is 0.192. The first-order valence-electron chi connectivity index (χ1n) is 10.8. The fourth-order valence-corrected chi connectivity index (χ4v) is 4.73. The van der Waals surface area contributed by atoms with Gasteiger partial charge < -0.3 is 14.2 Å². The number of thioether (sulfide) groups is 1. The number of methoxy groups -OCH3 is 1. The molecule has 0 N–H and O–H groups in total. The van der Waals surface area contributed by atoms with Crippen LogP contribution >= 0.6 is 11.8 Å². The molecule has 34 heavy (non-hydrogen) atoms. The van der Waals surface area contributed by atoms with Crippen LogP contribution in [-0.4, -0.2) is 34.5 Å². The summed E-state index contributed by atoms with van der Waals surface area (Å²) in [6, 6.07) is 21.4. The van der Waals surface area contributed by atoms with E-state index >= 15 is 0 Å². The molecule has 3 aromatic carbocycles. The summed E-state index contributed by atoms with van der Waals surface area (Å²) < 4.78 is 18.6. The molecule has 172 valence electrons. The molecule has 5 rings (SSSR count). The molecule has 2 heterocycles. The van der Waals surface area contributed by atoms with E-state index in [9.17, 15) is 4.79 Å². The highest BCUT2D eigenvalue weighted by atomic mass is 32.2. The maximum absolute atomic E-state index is 11.9. The van der Waals surface area contributed by atoms with Gasteiger partial charge in [0.25, 0.3) is 0 Å². The summed E-state index contributed by atoms with van der Waals surface area (Å²) in [6.07, 6.45) is 0. The van der Waals surface area contributed by atoms with Gasteiger partial charge >= 0.3 is 0 Å². The molecule has 0 spiro atoms. The Labute approximate surface area is 201 Å². The van der Waals surface area contributed by atoms with Crippen LogP contribution in [0.3, 0.4) is 0 Å². The third kappa shape index (κ3) is 4.49. The number of benzene rings is 3. The van der Waals surface area contributed by atoms with Crippen LogP contribution in [0.4, 0.5) is 0 Å². The second kappa shape index (κ2) is 9.61. The molecule has 0 aliphatic carbocycles. The summed E-state index contributed by atoms with van der Waals surface area (Å²) in [4.78, 5) is 11.9. The van der Waals surface area contributed by atoms with Crippen molar-refractivity contribution in [2.45, 2.75) is 24.4 Å². The second-order valence-electron chi connectivity index (χ2n) is 7.82. The van der Waals surface area contributed by atoms with Crippen molar-refractivity contribution < 1.29 is 19.0 Å². The Morgan fingerprint density at radius 2 is 1.85 bits per heavy atom. The summed E-state index contributed by atoms with van der Waals surface area (Å²) >= 11 is 1.55. The quantitative estimate of drug-likeness (QED) is 0.256. The highest BCUT2D eigenvalue weighted by Gasteiger charge is 2.18. The van der Waals surface area contributed by atoms with Crippen molar-refractivity contribution in [3.63, 3.8) is 0 Å². The van der Waals surface area contributed by atoms with Crippen molar-refractivity contribution in [1.82, 2.24) is 14.8 Å². The first-order valence-corrected chi connectivity index (χ1v) is 11.8. The van der Waals surface area contributed by atoms with Gasteiger partial charge in [0.2, 0.25) is 6.79 Å². The summed E-state index contributed by atoms with van der Waals surface area (Å²) in [7, 11) is 1.63. The van der Waals surface area contributed by atoms with Crippen molar-refractivity contribution in [1.29, 1.82) is 0 Å². The van der Waals surface area contributed by atoms with Gasteiger partial charge in [-0.25, -0.2) is 0 Å². The van der Waals surface area contributed by atoms with Gasteiger partial charge in [-0.3, -0.25) is 9.36 Å². The Hall–Kier alpha value is -3.78. The van der Waals surface area contributed by atoms with Gasteiger partial charge in [0.15, 0.2) is 28.3 Å². The molecule has 0 atom stereocenters. The molecule has 1 aliphatic rings. The summed E-state index contributed by atoms with van der Waals surface area (Å²) in [6.45, 7) is 2.37. The summed E-state index contributed by atoms with van der Waals surface area (Å²) in [5.74, 6) is 3.62. The Bertz CT molecular complexity index is 1340. The van der Waals surface area contributed by atoms with E-state index < -0.39 is 0 Å². The first kappa shape index (κ1) is 22.0. The van der Waals surface area contributed by atoms with Crippen LogP contribution in [0.1, 0.15) is 28.4 Å². The first-order chi connectivity index (χ1) is 16.6. The number of fused-ring (bicyclic) bond motifs is 1. The normalized spacial score (nSPS) is 12.1. The molecule has 0 radical (unpaired) electrons. The monoisotopic (exact) mass is 473 g/mol. The maximum Gasteiger partial charge on any atom is 0.231 e. The minimum atomic E-state index is 0.0197. The molecule has 1 aromatic heterocycles. The van der Waals surface area contributed by atoms with E-state index in [0.717, 1.165) is 44.9 Å². The van der Waals surface area contributed by atoms with Gasteiger partial charge in [-0.15, -0.1) is 10.2 Å². The molecule has 0 amide bonds. The number of ketones is 1. The number of nitrogens with zero attached hydrogens (tertiary/aromatic N) is 3. The van der Waals surface area contributed by atoms with Gasteiger partial charge in [0.05, 0.1) is 13.7 Å². The Balaban J connectivity index is 1.47. The number of Topliss-reactive ketones (excluding diaryl/α,β-unsaturated/α-hetero) is 1. The minimum Gasteiger partial charge on any atom is -0.496 e. The van der Waals surface area contributed by atoms with E-state index in [1.165, 1.54) is 0 Å². The molecule has 8 heteroatoms. The molecule has 0 saturated carbocycles. The number of hydrogen-bond donors (Lipinski definition) is 0. The molecule has 7 nitrogen and oxygen atoms in total. The molecule has 4 aromatic rings. The lowest BCUT2D eigenvalue weighted by atomic mass is 10.1. The van der Waals surface area contributed by atoms with Crippen LogP contribution in [0, 0.1) is 0 Å². The Morgan fingerprint density at radius 1 is 1.03 bits per heavy atom. The van der Waals surface area contributed by atoms with Crippen molar-refractivity contribution in [2.24, 2.45) is 0 Å². The second-order valence-corrected chi connectivity index (χ2v) is 8.76. The van der Waals surface area contributed by atoms with E-state index in [1.54, 1.807) is 31.9 Å². The lowest BCUT2D eigenvalue weighted by Crippen LogP contribution is -2.04. The van der Waals surface area contributed by atoms with Crippen LogP contribution < -0.4 is 14.2 Å². The van der Waals surface area contributed by atoms with Gasteiger partial charge in [-0.1, -0.05) is 48.2 Å². The molecular formula is C26H23N3O4S. The average molecular weight is 474 g/mol.